The molecule has 0 aliphatic heterocycles. The van der Waals surface area contributed by atoms with Crippen molar-refractivity contribution in [3.63, 3.8) is 0 Å². The fourth-order valence-electron chi connectivity index (χ4n) is 5.53. The second-order valence-electron chi connectivity index (χ2n) is 9.61. The Balaban J connectivity index is 1.34. The summed E-state index contributed by atoms with van der Waals surface area (Å²) < 4.78 is 0. The first kappa shape index (κ1) is 21.8. The molecule has 0 amide bonds. The lowest BCUT2D eigenvalue weighted by molar-refractivity contribution is 1.48. The first-order valence-corrected chi connectivity index (χ1v) is 12.5. The van der Waals surface area contributed by atoms with Crippen molar-refractivity contribution in [1.29, 1.82) is 5.26 Å². The Bertz CT molecular complexity index is 1970. The number of benzene rings is 7. The van der Waals surface area contributed by atoms with Crippen LogP contribution >= 0.6 is 0 Å². The summed E-state index contributed by atoms with van der Waals surface area (Å²) in [4.78, 5) is 3.50. The van der Waals surface area contributed by atoms with Gasteiger partial charge in [-0.3, -0.25) is 0 Å². The molecule has 7 aromatic carbocycles. The average Bonchev–Trinajstić information content (AvgIpc) is 3.00. The molecule has 0 atom stereocenters. The summed E-state index contributed by atoms with van der Waals surface area (Å²) in [6, 6.07) is 44.3. The van der Waals surface area contributed by atoms with Crippen molar-refractivity contribution in [3.05, 3.63) is 138 Å². The van der Waals surface area contributed by atoms with Crippen LogP contribution in [0.4, 0.5) is 5.69 Å². The third-order valence-corrected chi connectivity index (χ3v) is 7.51. The minimum atomic E-state index is 0.658. The van der Waals surface area contributed by atoms with Crippen molar-refractivity contribution in [1.82, 2.24) is 0 Å². The highest BCUT2D eigenvalue weighted by molar-refractivity contribution is 6.22. The zero-order valence-electron chi connectivity index (χ0n) is 20.4. The molecule has 0 unspecified atom stereocenters. The zero-order valence-corrected chi connectivity index (χ0v) is 20.4. The van der Waals surface area contributed by atoms with Gasteiger partial charge in [-0.25, -0.2) is 4.85 Å². The number of nitriles is 1. The van der Waals surface area contributed by atoms with E-state index in [1.807, 2.05) is 48.5 Å². The van der Waals surface area contributed by atoms with Crippen molar-refractivity contribution in [2.45, 2.75) is 0 Å². The standard InChI is InChI=1S/C36H20N2/c1-38-30-12-6-25(7-13-30)27-9-15-32-29(21-27)11-17-36-34(32)19-18-33-31-14-8-26(20-28(31)10-16-35(33)36)24-4-2-23(22-37)3-5-24/h2-21H. The van der Waals surface area contributed by atoms with Crippen molar-refractivity contribution in [3.8, 4) is 28.3 Å². The second-order valence-corrected chi connectivity index (χ2v) is 9.61. The Kier molecular flexibility index (Phi) is 4.93. The predicted octanol–water partition coefficient (Wildman–Crippen LogP) is 10.1. The summed E-state index contributed by atoms with van der Waals surface area (Å²) in [5.74, 6) is 0. The molecule has 7 aromatic rings. The molecule has 0 aliphatic rings. The van der Waals surface area contributed by atoms with Gasteiger partial charge in [0.25, 0.3) is 0 Å². The number of fused-ring (bicyclic) bond motifs is 7. The summed E-state index contributed by atoms with van der Waals surface area (Å²) in [6.07, 6.45) is 0. The lowest BCUT2D eigenvalue weighted by Crippen LogP contribution is -1.85. The smallest absolute Gasteiger partial charge is 0.187 e. The number of rotatable bonds is 2. The van der Waals surface area contributed by atoms with Crippen LogP contribution in [0.3, 0.4) is 0 Å². The van der Waals surface area contributed by atoms with Gasteiger partial charge in [0.1, 0.15) is 0 Å². The van der Waals surface area contributed by atoms with Gasteiger partial charge in [-0.15, -0.1) is 0 Å². The molecule has 0 heterocycles. The molecule has 0 aliphatic carbocycles. The molecule has 0 fully saturated rings. The average molecular weight is 481 g/mol. The van der Waals surface area contributed by atoms with E-state index in [4.69, 9.17) is 11.8 Å². The van der Waals surface area contributed by atoms with E-state index in [1.54, 1.807) is 0 Å². The molecule has 2 nitrogen and oxygen atoms in total. The lowest BCUT2D eigenvalue weighted by atomic mass is 9.92. The first-order chi connectivity index (χ1) is 18.7. The Labute approximate surface area is 220 Å². The fourth-order valence-corrected chi connectivity index (χ4v) is 5.53. The normalized spacial score (nSPS) is 11.1. The summed E-state index contributed by atoms with van der Waals surface area (Å²) in [6.45, 7) is 7.18. The third kappa shape index (κ3) is 3.48. The highest BCUT2D eigenvalue weighted by atomic mass is 14.6. The minimum Gasteiger partial charge on any atom is -0.238 e. The second kappa shape index (κ2) is 8.59. The summed E-state index contributed by atoms with van der Waals surface area (Å²) in [5.41, 5.74) is 5.85. The monoisotopic (exact) mass is 480 g/mol. The number of nitrogens with zero attached hydrogens (tertiary/aromatic N) is 2. The van der Waals surface area contributed by atoms with Gasteiger partial charge in [-0.1, -0.05) is 97.1 Å². The van der Waals surface area contributed by atoms with E-state index in [-0.39, 0.29) is 0 Å². The van der Waals surface area contributed by atoms with E-state index in [9.17, 15) is 0 Å². The van der Waals surface area contributed by atoms with Crippen LogP contribution in [0, 0.1) is 17.9 Å². The van der Waals surface area contributed by atoms with Crippen LogP contribution in [0.25, 0.3) is 70.2 Å². The Morgan fingerprint density at radius 1 is 0.447 bits per heavy atom. The SMILES string of the molecule is [C-]#[N+]c1ccc(-c2ccc3c(ccc4c3ccc3c5ccc(-c6ccc(C#N)cc6)cc5ccc34)c2)cc1. The molecular weight excluding hydrogens is 460 g/mol. The highest BCUT2D eigenvalue weighted by Crippen LogP contribution is 2.37. The van der Waals surface area contributed by atoms with E-state index < -0.39 is 0 Å². The van der Waals surface area contributed by atoms with Crippen LogP contribution < -0.4 is 0 Å². The van der Waals surface area contributed by atoms with E-state index in [1.165, 1.54) is 43.1 Å². The summed E-state index contributed by atoms with van der Waals surface area (Å²) >= 11 is 0. The van der Waals surface area contributed by atoms with Gasteiger partial charge in [-0.2, -0.15) is 5.26 Å². The van der Waals surface area contributed by atoms with Crippen molar-refractivity contribution in [2.75, 3.05) is 0 Å². The van der Waals surface area contributed by atoms with Gasteiger partial charge in [0.15, 0.2) is 5.69 Å². The number of hydrogen-bond acceptors (Lipinski definition) is 1. The van der Waals surface area contributed by atoms with E-state index in [0.717, 1.165) is 22.3 Å². The van der Waals surface area contributed by atoms with E-state index in [0.29, 0.717) is 11.3 Å². The topological polar surface area (TPSA) is 28.1 Å². The molecule has 0 spiro atoms. The fraction of sp³-hybridized carbons (Fsp3) is 0. The van der Waals surface area contributed by atoms with Gasteiger partial charge in [-0.05, 0) is 89.6 Å². The molecule has 0 aromatic heterocycles. The zero-order chi connectivity index (χ0) is 25.6. The highest BCUT2D eigenvalue weighted by Gasteiger charge is 2.10. The van der Waals surface area contributed by atoms with Crippen molar-refractivity contribution < 1.29 is 0 Å². The van der Waals surface area contributed by atoms with Crippen LogP contribution in [-0.2, 0) is 0 Å². The Morgan fingerprint density at radius 3 is 1.32 bits per heavy atom. The van der Waals surface area contributed by atoms with Crippen molar-refractivity contribution in [2.24, 2.45) is 0 Å². The maximum Gasteiger partial charge on any atom is 0.187 e. The van der Waals surface area contributed by atoms with Crippen LogP contribution in [0.5, 0.6) is 0 Å². The molecular formula is C36H20N2. The number of hydrogen-bond donors (Lipinski definition) is 0. The predicted molar refractivity (Wildman–Crippen MR) is 158 cm³/mol. The minimum absolute atomic E-state index is 0.658. The molecule has 0 radical (unpaired) electrons. The quantitative estimate of drug-likeness (QED) is 0.179. The maximum absolute atomic E-state index is 9.09. The first-order valence-electron chi connectivity index (χ1n) is 12.5. The van der Waals surface area contributed by atoms with Gasteiger partial charge in [0.05, 0.1) is 18.2 Å². The molecule has 38 heavy (non-hydrogen) atoms. The molecule has 0 saturated carbocycles. The third-order valence-electron chi connectivity index (χ3n) is 7.51. The summed E-state index contributed by atoms with van der Waals surface area (Å²) in [5, 5.41) is 19.0. The molecule has 0 saturated heterocycles. The van der Waals surface area contributed by atoms with E-state index in [2.05, 4.69) is 83.7 Å². The van der Waals surface area contributed by atoms with Gasteiger partial charge < -0.3 is 0 Å². The molecule has 174 valence electrons. The maximum atomic E-state index is 9.09. The molecule has 7 rings (SSSR count). The van der Waals surface area contributed by atoms with Crippen molar-refractivity contribution >= 4 is 48.8 Å². The Morgan fingerprint density at radius 2 is 0.842 bits per heavy atom. The van der Waals surface area contributed by atoms with E-state index >= 15 is 0 Å². The van der Waals surface area contributed by atoms with Crippen LogP contribution in [0.15, 0.2) is 121 Å². The molecule has 0 bridgehead atoms. The molecule has 2 heteroatoms. The summed E-state index contributed by atoms with van der Waals surface area (Å²) in [7, 11) is 0. The van der Waals surface area contributed by atoms with Crippen LogP contribution in [0.2, 0.25) is 0 Å². The van der Waals surface area contributed by atoms with Gasteiger partial charge >= 0.3 is 0 Å². The van der Waals surface area contributed by atoms with Crippen LogP contribution in [0.1, 0.15) is 5.56 Å². The van der Waals surface area contributed by atoms with Crippen LogP contribution in [-0.4, -0.2) is 0 Å². The van der Waals surface area contributed by atoms with Gasteiger partial charge in [0, 0.05) is 0 Å². The van der Waals surface area contributed by atoms with Gasteiger partial charge in [0.2, 0.25) is 0 Å². The largest absolute Gasteiger partial charge is 0.238 e. The lowest BCUT2D eigenvalue weighted by Gasteiger charge is -2.12. The Hall–Kier alpha value is -5.44. The molecule has 0 N–H and O–H groups in total.